The molecule has 0 unspecified atom stereocenters. The van der Waals surface area contributed by atoms with Crippen molar-refractivity contribution in [3.05, 3.63) is 0 Å². The van der Waals surface area contributed by atoms with Gasteiger partial charge in [-0.15, -0.1) is 0 Å². The number of nitrogens with two attached hydrogens (primary N) is 1. The maximum Gasteiger partial charge on any atom is 0.329 e. The highest BCUT2D eigenvalue weighted by Crippen LogP contribution is 1.58. The third kappa shape index (κ3) is 4.05. The molecule has 0 saturated carbocycles. The maximum absolute atomic E-state index is 11.0. The molecule has 0 heterocycles. The second kappa shape index (κ2) is 6.23. The second-order valence-electron chi connectivity index (χ2n) is 2.10. The van der Waals surface area contributed by atoms with E-state index in [9.17, 15) is 4.79 Å². The van der Waals surface area contributed by atoms with Gasteiger partial charge < -0.3 is 15.2 Å². The van der Waals surface area contributed by atoms with Crippen LogP contribution in [-0.4, -0.2) is 40.1 Å². The average molecular weight is 163 g/mol. The first kappa shape index (κ1) is 10.5. The summed E-state index contributed by atoms with van der Waals surface area (Å²) in [5, 5.41) is 0. The highest BCUT2D eigenvalue weighted by atomic mass is 16.5. The van der Waals surface area contributed by atoms with Crippen LogP contribution in [0.25, 0.3) is 0 Å². The van der Waals surface area contributed by atoms with E-state index in [1.165, 1.54) is 14.2 Å². The first-order chi connectivity index (χ1) is 5.26. The van der Waals surface area contributed by atoms with Gasteiger partial charge in [0.2, 0.25) is 0 Å². The van der Waals surface area contributed by atoms with Gasteiger partial charge in [-0.05, 0) is 0 Å². The van der Waals surface area contributed by atoms with Crippen LogP contribution < -0.4 is 10.6 Å². The molecule has 0 aromatic carbocycles. The fourth-order valence-corrected chi connectivity index (χ4v) is 0.695. The van der Waals surface area contributed by atoms with Gasteiger partial charge >= 0.3 is 5.91 Å². The molecule has 0 aliphatic rings. The molecule has 0 aliphatic heterocycles. The van der Waals surface area contributed by atoms with Gasteiger partial charge in [-0.25, -0.2) is 9.69 Å². The van der Waals surface area contributed by atoms with Crippen LogP contribution >= 0.6 is 0 Å². The quantitative estimate of drug-likeness (QED) is 0.442. The van der Waals surface area contributed by atoms with Crippen LogP contribution in [0.5, 0.6) is 0 Å². The van der Waals surface area contributed by atoms with Crippen LogP contribution in [0.1, 0.15) is 0 Å². The van der Waals surface area contributed by atoms with Crippen molar-refractivity contribution in [2.45, 2.75) is 0 Å². The molecule has 11 heavy (non-hydrogen) atoms. The van der Waals surface area contributed by atoms with Crippen molar-refractivity contribution in [1.29, 1.82) is 0 Å². The molecule has 0 radical (unpaired) electrons. The number of nitrogens with one attached hydrogen (secondary N) is 1. The van der Waals surface area contributed by atoms with Crippen LogP contribution in [0, 0.1) is 0 Å². The third-order valence-corrected chi connectivity index (χ3v) is 1.22. The van der Waals surface area contributed by atoms with E-state index in [1.807, 2.05) is 0 Å². The largest absolute Gasteiger partial charge is 0.335 e. The van der Waals surface area contributed by atoms with Crippen molar-refractivity contribution in [2.75, 3.05) is 34.2 Å². The summed E-state index contributed by atoms with van der Waals surface area (Å²) in [5.74, 6) is -0.103. The fraction of sp³-hybridized carbons (Fsp3) is 0.833. The molecule has 0 atom stereocenters. The topological polar surface area (TPSA) is 66.0 Å². The van der Waals surface area contributed by atoms with Crippen LogP contribution in [0.3, 0.4) is 0 Å². The normalized spacial score (nSPS) is 10.5. The Kier molecular flexibility index (Phi) is 5.96. The maximum atomic E-state index is 11.0. The van der Waals surface area contributed by atoms with Gasteiger partial charge in [0.05, 0.1) is 0 Å². The number of methoxy groups -OCH3 is 2. The van der Waals surface area contributed by atoms with Crippen molar-refractivity contribution < 1.29 is 19.2 Å². The van der Waals surface area contributed by atoms with Crippen molar-refractivity contribution in [1.82, 2.24) is 0 Å². The van der Waals surface area contributed by atoms with E-state index in [-0.39, 0.29) is 12.5 Å². The molecule has 0 bridgehead atoms. The Hall–Kier alpha value is -0.490. The number of amides is 1. The van der Waals surface area contributed by atoms with E-state index in [2.05, 4.69) is 0 Å². The molecular weight excluding hydrogens is 148 g/mol. The summed E-state index contributed by atoms with van der Waals surface area (Å²) in [6.07, 6.45) is 0. The van der Waals surface area contributed by atoms with E-state index >= 15 is 0 Å². The molecule has 5 nitrogen and oxygen atoms in total. The summed E-state index contributed by atoms with van der Waals surface area (Å²) < 4.78 is 9.57. The lowest BCUT2D eigenvalue weighted by Crippen LogP contribution is -3.15. The van der Waals surface area contributed by atoms with Crippen LogP contribution in [0.4, 0.5) is 0 Å². The van der Waals surface area contributed by atoms with Crippen LogP contribution in [-0.2, 0) is 14.3 Å². The zero-order chi connectivity index (χ0) is 8.69. The molecule has 0 rings (SSSR count). The number of carbonyl (C=O) groups excluding carboxylic acids is 1. The van der Waals surface area contributed by atoms with Crippen LogP contribution in [0.2, 0.25) is 0 Å². The van der Waals surface area contributed by atoms with Gasteiger partial charge in [0.25, 0.3) is 0 Å². The van der Waals surface area contributed by atoms with Crippen LogP contribution in [0.15, 0.2) is 0 Å². The predicted octanol–water partition coefficient (Wildman–Crippen LogP) is -2.44. The molecule has 0 aliphatic carbocycles. The Labute approximate surface area is 66.1 Å². The fourth-order valence-electron chi connectivity index (χ4n) is 0.695. The number of carbonyl (C=O) groups is 1. The lowest BCUT2D eigenvalue weighted by Gasteiger charge is -2.13. The Morgan fingerprint density at radius 1 is 1.36 bits per heavy atom. The predicted molar refractivity (Wildman–Crippen MR) is 38.8 cm³/mol. The number of quaternary nitrogens is 1. The van der Waals surface area contributed by atoms with E-state index < -0.39 is 0 Å². The van der Waals surface area contributed by atoms with Crippen molar-refractivity contribution in [2.24, 2.45) is 5.73 Å². The summed E-state index contributed by atoms with van der Waals surface area (Å²) in [6, 6.07) is 0. The van der Waals surface area contributed by atoms with E-state index in [0.29, 0.717) is 18.4 Å². The molecule has 3 N–H and O–H groups in total. The first-order valence-electron chi connectivity index (χ1n) is 3.32. The second-order valence-corrected chi connectivity index (χ2v) is 2.10. The Bertz CT molecular complexity index is 112. The average Bonchev–Trinajstić information content (AvgIpc) is 2.03. The summed E-state index contributed by atoms with van der Waals surface area (Å²) in [5.41, 5.74) is 5.15. The standard InChI is InChI=1S/C6H14N2O3/c1-10-4-8(5-11-2)6(9)3-7/h3-5,7H2,1-2H3/p+1. The lowest BCUT2D eigenvalue weighted by molar-refractivity contribution is -0.862. The number of ether oxygens (including phenoxy) is 2. The zero-order valence-corrected chi connectivity index (χ0v) is 6.92. The molecular formula is C6H15N2O3+. The highest BCUT2D eigenvalue weighted by Gasteiger charge is 2.15. The summed E-state index contributed by atoms with van der Waals surface area (Å²) in [4.78, 5) is 11.6. The minimum atomic E-state index is -0.103. The zero-order valence-electron chi connectivity index (χ0n) is 6.92. The molecule has 5 heteroatoms. The van der Waals surface area contributed by atoms with Gasteiger partial charge in [0.15, 0.2) is 13.5 Å². The minimum absolute atomic E-state index is 0.0159. The van der Waals surface area contributed by atoms with Gasteiger partial charge in [0.1, 0.15) is 6.54 Å². The Morgan fingerprint density at radius 2 is 1.82 bits per heavy atom. The molecule has 0 aromatic rings. The first-order valence-corrected chi connectivity index (χ1v) is 3.32. The number of hydrogen-bond acceptors (Lipinski definition) is 4. The monoisotopic (exact) mass is 163 g/mol. The van der Waals surface area contributed by atoms with E-state index in [0.717, 1.165) is 0 Å². The summed E-state index contributed by atoms with van der Waals surface area (Å²) in [6.45, 7) is 0.607. The van der Waals surface area contributed by atoms with E-state index in [4.69, 9.17) is 15.2 Å². The molecule has 66 valence electrons. The summed E-state index contributed by atoms with van der Waals surface area (Å²) in [7, 11) is 3.05. The SMILES string of the molecule is COC[NH+](COC)C(=O)CN. The van der Waals surface area contributed by atoms with Crippen molar-refractivity contribution >= 4 is 5.91 Å². The molecule has 0 fully saturated rings. The Balaban J connectivity index is 3.76. The molecule has 1 amide bonds. The van der Waals surface area contributed by atoms with Gasteiger partial charge in [-0.2, -0.15) is 0 Å². The molecule has 0 aromatic heterocycles. The number of rotatable bonds is 5. The Morgan fingerprint density at radius 3 is 2.09 bits per heavy atom. The minimum Gasteiger partial charge on any atom is -0.335 e. The number of hydrogen-bond donors (Lipinski definition) is 2. The molecule has 0 saturated heterocycles. The third-order valence-electron chi connectivity index (χ3n) is 1.22. The van der Waals surface area contributed by atoms with E-state index in [1.54, 1.807) is 0 Å². The smallest absolute Gasteiger partial charge is 0.329 e. The van der Waals surface area contributed by atoms with Gasteiger partial charge in [-0.1, -0.05) is 0 Å². The van der Waals surface area contributed by atoms with Gasteiger partial charge in [-0.3, -0.25) is 0 Å². The van der Waals surface area contributed by atoms with Gasteiger partial charge in [0, 0.05) is 14.2 Å². The van der Waals surface area contributed by atoms with Crippen molar-refractivity contribution in [3.63, 3.8) is 0 Å². The highest BCUT2D eigenvalue weighted by molar-refractivity contribution is 5.68. The summed E-state index contributed by atoms with van der Waals surface area (Å²) >= 11 is 0. The van der Waals surface area contributed by atoms with Crippen molar-refractivity contribution in [3.8, 4) is 0 Å². The molecule has 0 spiro atoms. The lowest BCUT2D eigenvalue weighted by atomic mass is 10.5.